The van der Waals surface area contributed by atoms with Crippen molar-refractivity contribution >= 4 is 5.91 Å². The maximum Gasteiger partial charge on any atom is 0.220 e. The molecule has 1 amide bonds. The van der Waals surface area contributed by atoms with Crippen LogP contribution in [-0.4, -0.2) is 23.7 Å². The number of rotatable bonds is 6. The number of carbonyl (C=O) groups is 1. The van der Waals surface area contributed by atoms with E-state index in [9.17, 15) is 9.90 Å². The maximum atomic E-state index is 11.8. The van der Waals surface area contributed by atoms with E-state index in [1.807, 2.05) is 18.2 Å². The van der Waals surface area contributed by atoms with Gasteiger partial charge in [0, 0.05) is 18.9 Å². The molecule has 3 heteroatoms. The van der Waals surface area contributed by atoms with Crippen molar-refractivity contribution < 1.29 is 9.90 Å². The second-order valence-electron chi connectivity index (χ2n) is 5.76. The molecule has 0 saturated heterocycles. The summed E-state index contributed by atoms with van der Waals surface area (Å²) in [4.78, 5) is 11.8. The van der Waals surface area contributed by atoms with Gasteiger partial charge in [-0.15, -0.1) is 0 Å². The minimum absolute atomic E-state index is 0.110. The van der Waals surface area contributed by atoms with Crippen molar-refractivity contribution in [3.05, 3.63) is 35.9 Å². The third-order valence-corrected chi connectivity index (χ3v) is 4.14. The average molecular weight is 275 g/mol. The number of hydrogen-bond acceptors (Lipinski definition) is 2. The Morgan fingerprint density at radius 1 is 1.20 bits per heavy atom. The lowest BCUT2D eigenvalue weighted by molar-refractivity contribution is -0.121. The number of amides is 1. The molecule has 0 spiro atoms. The first-order valence-corrected chi connectivity index (χ1v) is 7.74. The van der Waals surface area contributed by atoms with Gasteiger partial charge in [-0.1, -0.05) is 43.2 Å². The fourth-order valence-corrected chi connectivity index (χ4v) is 2.86. The van der Waals surface area contributed by atoms with E-state index >= 15 is 0 Å². The van der Waals surface area contributed by atoms with E-state index < -0.39 is 0 Å². The van der Waals surface area contributed by atoms with Crippen LogP contribution in [0.1, 0.15) is 44.1 Å². The Labute approximate surface area is 121 Å². The zero-order chi connectivity index (χ0) is 14.2. The third-order valence-electron chi connectivity index (χ3n) is 4.14. The highest BCUT2D eigenvalue weighted by atomic mass is 16.3. The number of benzene rings is 1. The van der Waals surface area contributed by atoms with Crippen molar-refractivity contribution in [2.24, 2.45) is 5.92 Å². The molecule has 2 N–H and O–H groups in total. The minimum atomic E-state index is -0.228. The molecule has 2 rings (SSSR count). The lowest BCUT2D eigenvalue weighted by Crippen LogP contribution is -2.36. The zero-order valence-electron chi connectivity index (χ0n) is 12.1. The van der Waals surface area contributed by atoms with Crippen LogP contribution >= 0.6 is 0 Å². The summed E-state index contributed by atoms with van der Waals surface area (Å²) in [5.74, 6) is 0.362. The van der Waals surface area contributed by atoms with Gasteiger partial charge >= 0.3 is 0 Å². The Bertz CT molecular complexity index is 405. The van der Waals surface area contributed by atoms with E-state index in [4.69, 9.17) is 0 Å². The van der Waals surface area contributed by atoms with E-state index in [0.29, 0.717) is 13.0 Å². The van der Waals surface area contributed by atoms with E-state index in [2.05, 4.69) is 17.4 Å². The van der Waals surface area contributed by atoms with Crippen LogP contribution in [0, 0.1) is 5.92 Å². The quantitative estimate of drug-likeness (QED) is 0.838. The first-order chi connectivity index (χ1) is 9.75. The van der Waals surface area contributed by atoms with Gasteiger partial charge in [0.25, 0.3) is 0 Å². The summed E-state index contributed by atoms with van der Waals surface area (Å²) >= 11 is 0. The van der Waals surface area contributed by atoms with Crippen LogP contribution < -0.4 is 5.32 Å². The molecule has 20 heavy (non-hydrogen) atoms. The number of aliphatic hydroxyl groups is 1. The van der Waals surface area contributed by atoms with Gasteiger partial charge in [-0.2, -0.15) is 0 Å². The molecule has 0 aliphatic heterocycles. The predicted octanol–water partition coefficient (Wildman–Crippen LogP) is 2.68. The zero-order valence-corrected chi connectivity index (χ0v) is 12.1. The molecule has 1 aromatic carbocycles. The largest absolute Gasteiger partial charge is 0.393 e. The molecule has 1 aliphatic carbocycles. The molecule has 3 nitrogen and oxygen atoms in total. The van der Waals surface area contributed by atoms with Gasteiger partial charge in [0.15, 0.2) is 0 Å². The van der Waals surface area contributed by atoms with Crippen LogP contribution in [0.4, 0.5) is 0 Å². The molecule has 2 atom stereocenters. The fourth-order valence-electron chi connectivity index (χ4n) is 2.86. The Balaban J connectivity index is 1.60. The van der Waals surface area contributed by atoms with Crippen molar-refractivity contribution in [1.82, 2.24) is 5.32 Å². The normalized spacial score (nSPS) is 22.4. The molecule has 0 heterocycles. The molecule has 0 bridgehead atoms. The van der Waals surface area contributed by atoms with Gasteiger partial charge in [0.2, 0.25) is 5.91 Å². The second-order valence-corrected chi connectivity index (χ2v) is 5.76. The molecular formula is C17H25NO2. The number of aliphatic hydroxyl groups excluding tert-OH is 1. The molecule has 1 fully saturated rings. The monoisotopic (exact) mass is 275 g/mol. The van der Waals surface area contributed by atoms with Gasteiger partial charge in [-0.05, 0) is 31.2 Å². The molecular weight excluding hydrogens is 250 g/mol. The molecule has 1 saturated carbocycles. The van der Waals surface area contributed by atoms with E-state index in [1.54, 1.807) is 0 Å². The van der Waals surface area contributed by atoms with Crippen LogP contribution in [0.25, 0.3) is 0 Å². The van der Waals surface area contributed by atoms with E-state index in [-0.39, 0.29) is 17.9 Å². The summed E-state index contributed by atoms with van der Waals surface area (Å²) < 4.78 is 0. The summed E-state index contributed by atoms with van der Waals surface area (Å²) in [6.07, 6.45) is 6.36. The lowest BCUT2D eigenvalue weighted by atomic mass is 9.86. The Kier molecular flexibility index (Phi) is 6.06. The van der Waals surface area contributed by atoms with Gasteiger partial charge < -0.3 is 10.4 Å². The number of carbonyl (C=O) groups excluding carboxylic acids is 1. The topological polar surface area (TPSA) is 49.3 Å². The first-order valence-electron chi connectivity index (χ1n) is 7.74. The lowest BCUT2D eigenvalue weighted by Gasteiger charge is -2.27. The minimum Gasteiger partial charge on any atom is -0.393 e. The molecule has 0 radical (unpaired) electrons. The van der Waals surface area contributed by atoms with Gasteiger partial charge in [-0.25, -0.2) is 0 Å². The second kappa shape index (κ2) is 8.05. The van der Waals surface area contributed by atoms with Crippen molar-refractivity contribution in [3.63, 3.8) is 0 Å². The predicted molar refractivity (Wildman–Crippen MR) is 80.4 cm³/mol. The van der Waals surface area contributed by atoms with Crippen molar-refractivity contribution in [3.8, 4) is 0 Å². The molecule has 2 unspecified atom stereocenters. The highest BCUT2D eigenvalue weighted by molar-refractivity contribution is 5.75. The summed E-state index contributed by atoms with van der Waals surface area (Å²) in [6, 6.07) is 10.2. The molecule has 110 valence electrons. The van der Waals surface area contributed by atoms with E-state index in [1.165, 1.54) is 12.0 Å². The summed E-state index contributed by atoms with van der Waals surface area (Å²) in [6.45, 7) is 0.630. The average Bonchev–Trinajstić information content (AvgIpc) is 2.47. The first kappa shape index (κ1) is 15.0. The number of aryl methyl sites for hydroxylation is 1. The standard InChI is InChI=1S/C17H25NO2/c19-16-11-5-4-10-15(16)13-18-17(20)12-6-9-14-7-2-1-3-8-14/h1-3,7-8,15-16,19H,4-6,9-13H2,(H,18,20). The highest BCUT2D eigenvalue weighted by Crippen LogP contribution is 2.23. The number of nitrogens with one attached hydrogen (secondary N) is 1. The SMILES string of the molecule is O=C(CCCc1ccccc1)NCC1CCCCC1O. The Morgan fingerprint density at radius 3 is 2.70 bits per heavy atom. The maximum absolute atomic E-state index is 11.8. The van der Waals surface area contributed by atoms with Crippen molar-refractivity contribution in [2.75, 3.05) is 6.54 Å². The van der Waals surface area contributed by atoms with Crippen LogP contribution in [-0.2, 0) is 11.2 Å². The van der Waals surface area contributed by atoms with Crippen LogP contribution in [0.15, 0.2) is 30.3 Å². The molecule has 0 aromatic heterocycles. The molecule has 1 aromatic rings. The van der Waals surface area contributed by atoms with Gasteiger partial charge in [-0.3, -0.25) is 4.79 Å². The van der Waals surface area contributed by atoms with E-state index in [0.717, 1.165) is 32.1 Å². The van der Waals surface area contributed by atoms with Crippen molar-refractivity contribution in [2.45, 2.75) is 51.0 Å². The van der Waals surface area contributed by atoms with Crippen LogP contribution in [0.3, 0.4) is 0 Å². The molecule has 1 aliphatic rings. The Morgan fingerprint density at radius 2 is 1.95 bits per heavy atom. The fraction of sp³-hybridized carbons (Fsp3) is 0.588. The van der Waals surface area contributed by atoms with Crippen molar-refractivity contribution in [1.29, 1.82) is 0 Å². The van der Waals surface area contributed by atoms with Gasteiger partial charge in [0.05, 0.1) is 6.10 Å². The number of hydrogen-bond donors (Lipinski definition) is 2. The third kappa shape index (κ3) is 4.97. The summed E-state index contributed by atoms with van der Waals surface area (Å²) in [7, 11) is 0. The highest BCUT2D eigenvalue weighted by Gasteiger charge is 2.23. The van der Waals surface area contributed by atoms with Gasteiger partial charge in [0.1, 0.15) is 0 Å². The Hall–Kier alpha value is -1.35. The smallest absolute Gasteiger partial charge is 0.220 e. The van der Waals surface area contributed by atoms with Crippen LogP contribution in [0.5, 0.6) is 0 Å². The summed E-state index contributed by atoms with van der Waals surface area (Å²) in [5.41, 5.74) is 1.28. The van der Waals surface area contributed by atoms with Crippen LogP contribution in [0.2, 0.25) is 0 Å². The summed E-state index contributed by atoms with van der Waals surface area (Å²) in [5, 5.41) is 12.8.